The van der Waals surface area contributed by atoms with Crippen LogP contribution in [0.2, 0.25) is 0 Å². The lowest BCUT2D eigenvalue weighted by Gasteiger charge is -2.18. The Labute approximate surface area is 379 Å². The molecular weight excluding hydrogens is 757 g/mol. The largest absolute Gasteiger partial charge is 0.462 e. The summed E-state index contributed by atoms with van der Waals surface area (Å²) < 4.78 is 16.8. The zero-order valence-electron chi connectivity index (χ0n) is 40.9. The van der Waals surface area contributed by atoms with Gasteiger partial charge in [0.05, 0.1) is 0 Å². The van der Waals surface area contributed by atoms with Gasteiger partial charge in [-0.25, -0.2) is 0 Å². The summed E-state index contributed by atoms with van der Waals surface area (Å²) in [6.07, 6.45) is 57.3. The van der Waals surface area contributed by atoms with Crippen molar-refractivity contribution in [2.45, 2.75) is 297 Å². The van der Waals surface area contributed by atoms with Crippen molar-refractivity contribution in [3.05, 3.63) is 24.3 Å². The molecule has 0 bridgehead atoms. The summed E-state index contributed by atoms with van der Waals surface area (Å²) in [5, 5.41) is 0. The molecule has 0 amide bonds. The molecule has 358 valence electrons. The van der Waals surface area contributed by atoms with E-state index in [2.05, 4.69) is 45.1 Å². The van der Waals surface area contributed by atoms with Crippen LogP contribution in [0.15, 0.2) is 24.3 Å². The van der Waals surface area contributed by atoms with E-state index in [1.807, 2.05) is 0 Å². The van der Waals surface area contributed by atoms with E-state index in [0.29, 0.717) is 19.3 Å². The molecule has 6 nitrogen and oxygen atoms in total. The third-order valence-corrected chi connectivity index (χ3v) is 11.9. The number of esters is 3. The Bertz CT molecular complexity index is 989. The van der Waals surface area contributed by atoms with Gasteiger partial charge in [-0.05, 0) is 70.6 Å². The van der Waals surface area contributed by atoms with Gasteiger partial charge in [0.25, 0.3) is 0 Å². The molecule has 1 atom stereocenters. The fourth-order valence-electron chi connectivity index (χ4n) is 7.84. The van der Waals surface area contributed by atoms with Gasteiger partial charge in [0, 0.05) is 19.3 Å². The molecule has 0 fully saturated rings. The van der Waals surface area contributed by atoms with E-state index in [0.717, 1.165) is 64.2 Å². The Kier molecular flexibility index (Phi) is 48.8. The molecule has 61 heavy (non-hydrogen) atoms. The van der Waals surface area contributed by atoms with Crippen LogP contribution in [-0.4, -0.2) is 37.2 Å². The molecule has 6 heteroatoms. The first kappa shape index (κ1) is 58.9. The molecule has 0 heterocycles. The highest BCUT2D eigenvalue weighted by atomic mass is 16.6. The predicted octanol–water partition coefficient (Wildman–Crippen LogP) is 17.5. The highest BCUT2D eigenvalue weighted by Crippen LogP contribution is 2.15. The first-order chi connectivity index (χ1) is 30.0. The van der Waals surface area contributed by atoms with Crippen LogP contribution in [0, 0.1) is 0 Å². The summed E-state index contributed by atoms with van der Waals surface area (Å²) in [7, 11) is 0. The summed E-state index contributed by atoms with van der Waals surface area (Å²) in [5.41, 5.74) is 0. The summed E-state index contributed by atoms with van der Waals surface area (Å²) in [4.78, 5) is 37.9. The van der Waals surface area contributed by atoms with Gasteiger partial charge in [-0.1, -0.05) is 225 Å². The van der Waals surface area contributed by atoms with Gasteiger partial charge in [-0.15, -0.1) is 0 Å². The van der Waals surface area contributed by atoms with Gasteiger partial charge in [-0.2, -0.15) is 0 Å². The number of allylic oxidation sites excluding steroid dienone is 4. The van der Waals surface area contributed by atoms with Crippen molar-refractivity contribution < 1.29 is 28.6 Å². The molecule has 0 rings (SSSR count). The average molecular weight is 859 g/mol. The fraction of sp³-hybridized carbons (Fsp3) is 0.873. The summed E-state index contributed by atoms with van der Waals surface area (Å²) in [6, 6.07) is 0. The van der Waals surface area contributed by atoms with Crippen molar-refractivity contribution in [1.29, 1.82) is 0 Å². The van der Waals surface area contributed by atoms with Crippen molar-refractivity contribution in [1.82, 2.24) is 0 Å². The van der Waals surface area contributed by atoms with Crippen LogP contribution in [0.4, 0.5) is 0 Å². The van der Waals surface area contributed by atoms with E-state index in [1.165, 1.54) is 186 Å². The molecule has 0 spiro atoms. The lowest BCUT2D eigenvalue weighted by atomic mass is 10.1. The van der Waals surface area contributed by atoms with Crippen molar-refractivity contribution in [2.75, 3.05) is 13.2 Å². The van der Waals surface area contributed by atoms with Crippen LogP contribution in [0.1, 0.15) is 290 Å². The molecule has 0 aliphatic heterocycles. The highest BCUT2D eigenvalue weighted by Gasteiger charge is 2.19. The van der Waals surface area contributed by atoms with E-state index in [1.54, 1.807) is 0 Å². The number of rotatable bonds is 49. The Morgan fingerprint density at radius 2 is 0.541 bits per heavy atom. The van der Waals surface area contributed by atoms with Gasteiger partial charge in [0.15, 0.2) is 6.10 Å². The number of unbranched alkanes of at least 4 members (excludes halogenated alkanes) is 34. The summed E-state index contributed by atoms with van der Waals surface area (Å²) in [6.45, 7) is 6.63. The second-order valence-electron chi connectivity index (χ2n) is 18.1. The zero-order chi connectivity index (χ0) is 44.4. The number of carbonyl (C=O) groups excluding carboxylic acids is 3. The molecule has 0 saturated heterocycles. The van der Waals surface area contributed by atoms with Crippen molar-refractivity contribution in [3.8, 4) is 0 Å². The SMILES string of the molecule is CCCCCC/C=C\CCCCCCCC(=O)O[C@@H](COC(=O)CCCCCCCCC/C=C\CCCCCCCCCC)COC(=O)CCCCCCCCCCCCC. The molecule has 0 radical (unpaired) electrons. The Hall–Kier alpha value is -2.11. The molecule has 0 N–H and O–H groups in total. The van der Waals surface area contributed by atoms with E-state index < -0.39 is 6.10 Å². The second-order valence-corrected chi connectivity index (χ2v) is 18.1. The van der Waals surface area contributed by atoms with E-state index in [9.17, 15) is 14.4 Å². The van der Waals surface area contributed by atoms with Crippen molar-refractivity contribution in [3.63, 3.8) is 0 Å². The van der Waals surface area contributed by atoms with Crippen LogP contribution in [0.3, 0.4) is 0 Å². The van der Waals surface area contributed by atoms with Crippen LogP contribution >= 0.6 is 0 Å². The van der Waals surface area contributed by atoms with Crippen LogP contribution in [0.25, 0.3) is 0 Å². The molecule has 0 aliphatic carbocycles. The maximum atomic E-state index is 12.8. The van der Waals surface area contributed by atoms with Crippen LogP contribution < -0.4 is 0 Å². The van der Waals surface area contributed by atoms with Gasteiger partial charge in [0.1, 0.15) is 13.2 Å². The molecular formula is C55H102O6. The third kappa shape index (κ3) is 48.8. The lowest BCUT2D eigenvalue weighted by molar-refractivity contribution is -0.167. The number of hydrogen-bond acceptors (Lipinski definition) is 6. The summed E-state index contributed by atoms with van der Waals surface area (Å²) in [5.74, 6) is -0.873. The molecule has 0 aromatic rings. The van der Waals surface area contributed by atoms with Crippen molar-refractivity contribution >= 4 is 17.9 Å². The molecule has 0 aliphatic rings. The van der Waals surface area contributed by atoms with Gasteiger partial charge in [-0.3, -0.25) is 14.4 Å². The maximum Gasteiger partial charge on any atom is 0.306 e. The minimum absolute atomic E-state index is 0.0724. The van der Waals surface area contributed by atoms with Gasteiger partial charge in [0.2, 0.25) is 0 Å². The standard InChI is InChI=1S/C55H102O6/c1-4-7-10-13-16-19-22-24-25-26-27-28-29-31-33-36-39-42-45-48-54(57)60-51-52(50-59-53(56)47-44-41-38-35-32-21-18-15-12-9-6-3)61-55(58)49-46-43-40-37-34-30-23-20-17-14-11-8-5-2/h20,23,26-27,52H,4-19,21-22,24-25,28-51H2,1-3H3/b23-20-,27-26-/t52-/m1/s1. The minimum atomic E-state index is -0.772. The monoisotopic (exact) mass is 859 g/mol. The lowest BCUT2D eigenvalue weighted by Crippen LogP contribution is -2.30. The first-order valence-corrected chi connectivity index (χ1v) is 26.8. The van der Waals surface area contributed by atoms with Crippen LogP contribution in [0.5, 0.6) is 0 Å². The fourth-order valence-corrected chi connectivity index (χ4v) is 7.84. The molecule has 0 unspecified atom stereocenters. The number of carbonyl (C=O) groups is 3. The van der Waals surface area contributed by atoms with E-state index in [4.69, 9.17) is 14.2 Å². The van der Waals surface area contributed by atoms with Gasteiger partial charge < -0.3 is 14.2 Å². The minimum Gasteiger partial charge on any atom is -0.462 e. The normalized spacial score (nSPS) is 12.1. The number of hydrogen-bond donors (Lipinski definition) is 0. The third-order valence-electron chi connectivity index (χ3n) is 11.9. The van der Waals surface area contributed by atoms with E-state index in [-0.39, 0.29) is 31.1 Å². The zero-order valence-corrected chi connectivity index (χ0v) is 40.9. The Balaban J connectivity index is 4.30. The molecule has 0 aromatic heterocycles. The van der Waals surface area contributed by atoms with Gasteiger partial charge >= 0.3 is 17.9 Å². The smallest absolute Gasteiger partial charge is 0.306 e. The molecule has 0 saturated carbocycles. The average Bonchev–Trinajstić information content (AvgIpc) is 3.26. The highest BCUT2D eigenvalue weighted by molar-refractivity contribution is 5.71. The summed E-state index contributed by atoms with van der Waals surface area (Å²) >= 11 is 0. The predicted molar refractivity (Wildman–Crippen MR) is 261 cm³/mol. The van der Waals surface area contributed by atoms with Crippen LogP contribution in [-0.2, 0) is 28.6 Å². The molecule has 0 aromatic carbocycles. The maximum absolute atomic E-state index is 12.8. The Morgan fingerprint density at radius 1 is 0.311 bits per heavy atom. The Morgan fingerprint density at radius 3 is 0.836 bits per heavy atom. The van der Waals surface area contributed by atoms with E-state index >= 15 is 0 Å². The van der Waals surface area contributed by atoms with Crippen molar-refractivity contribution in [2.24, 2.45) is 0 Å². The first-order valence-electron chi connectivity index (χ1n) is 26.8. The number of ether oxygens (including phenoxy) is 3. The topological polar surface area (TPSA) is 78.9 Å². The quantitative estimate of drug-likeness (QED) is 0.0262. The second kappa shape index (κ2) is 50.5.